The highest BCUT2D eigenvalue weighted by molar-refractivity contribution is 5.79. The zero-order valence-electron chi connectivity index (χ0n) is 22.2. The quantitative estimate of drug-likeness (QED) is 0.177. The van der Waals surface area contributed by atoms with Gasteiger partial charge in [-0.3, -0.25) is 0 Å². The minimum absolute atomic E-state index is 0.179. The molecule has 0 bridgehead atoms. The van der Waals surface area contributed by atoms with Gasteiger partial charge in [0.2, 0.25) is 0 Å². The fourth-order valence-electron chi connectivity index (χ4n) is 4.15. The second kappa shape index (κ2) is 12.7. The zero-order chi connectivity index (χ0) is 30.5. The highest BCUT2D eigenvalue weighted by Crippen LogP contribution is 2.36. The summed E-state index contributed by atoms with van der Waals surface area (Å²) in [4.78, 5) is 1.23. The molecule has 0 aliphatic heterocycles. The predicted octanol–water partition coefficient (Wildman–Crippen LogP) is 8.62. The van der Waals surface area contributed by atoms with E-state index in [0.717, 1.165) is 17.7 Å². The molecular weight excluding hydrogens is 567 g/mol. The number of alkyl halides is 7. The number of ether oxygens (including phenoxy) is 2. The van der Waals surface area contributed by atoms with Crippen molar-refractivity contribution in [3.05, 3.63) is 108 Å². The number of rotatable bonds is 11. The summed E-state index contributed by atoms with van der Waals surface area (Å²) < 4.78 is 103. The smallest absolute Gasteiger partial charge is 0.457 e. The van der Waals surface area contributed by atoms with Gasteiger partial charge in [-0.15, -0.1) is 0 Å². The molecule has 1 atom stereocenters. The molecule has 0 aliphatic rings. The second-order valence-corrected chi connectivity index (χ2v) is 9.51. The summed E-state index contributed by atoms with van der Waals surface area (Å²) in [6.45, 7) is 0.726. The molecule has 0 saturated heterocycles. The van der Waals surface area contributed by atoms with Gasteiger partial charge in [-0.25, -0.2) is 0 Å². The number of aliphatic hydroxyl groups is 1. The van der Waals surface area contributed by atoms with Gasteiger partial charge in [-0.05, 0) is 60.5 Å². The average Bonchev–Trinajstić information content (AvgIpc) is 2.93. The van der Waals surface area contributed by atoms with Gasteiger partial charge in [-0.1, -0.05) is 60.2 Å². The lowest BCUT2D eigenvalue weighted by molar-refractivity contribution is -0.253. The first-order valence-corrected chi connectivity index (χ1v) is 12.7. The normalized spacial score (nSPS) is 12.7. The second-order valence-electron chi connectivity index (χ2n) is 9.51. The van der Waals surface area contributed by atoms with E-state index in [1.54, 1.807) is 60.7 Å². The Kier molecular flexibility index (Phi) is 9.30. The number of para-hydroxylation sites is 1. The Balaban J connectivity index is 1.69. The fourth-order valence-corrected chi connectivity index (χ4v) is 4.15. The maximum absolute atomic E-state index is 13.5. The van der Waals surface area contributed by atoms with Crippen molar-refractivity contribution in [2.24, 2.45) is 0 Å². The molecule has 4 rings (SSSR count). The van der Waals surface area contributed by atoms with Crippen LogP contribution in [0.3, 0.4) is 0 Å². The van der Waals surface area contributed by atoms with Crippen LogP contribution in [-0.4, -0.2) is 36.5 Å². The minimum Gasteiger partial charge on any atom is -0.457 e. The maximum Gasteiger partial charge on any atom is 0.461 e. The lowest BCUT2D eigenvalue weighted by Gasteiger charge is -2.30. The third-order valence-electron chi connectivity index (χ3n) is 6.20. The fraction of sp³-hybridized carbons (Fsp3) is 0.226. The van der Waals surface area contributed by atoms with E-state index in [-0.39, 0.29) is 17.8 Å². The maximum atomic E-state index is 13.5. The summed E-state index contributed by atoms with van der Waals surface area (Å²) in [6, 6.07) is 25.5. The van der Waals surface area contributed by atoms with Crippen LogP contribution in [0.4, 0.5) is 36.4 Å². The van der Waals surface area contributed by atoms with Crippen molar-refractivity contribution in [1.82, 2.24) is 0 Å². The third kappa shape index (κ3) is 7.94. The first-order valence-electron chi connectivity index (χ1n) is 12.7. The van der Waals surface area contributed by atoms with E-state index in [2.05, 4.69) is 4.74 Å². The molecule has 0 aliphatic carbocycles. The highest BCUT2D eigenvalue weighted by atomic mass is 19.4. The van der Waals surface area contributed by atoms with Crippen LogP contribution >= 0.6 is 0 Å². The predicted molar refractivity (Wildman–Crippen MR) is 144 cm³/mol. The van der Waals surface area contributed by atoms with Crippen LogP contribution in [0.5, 0.6) is 17.2 Å². The van der Waals surface area contributed by atoms with Crippen LogP contribution in [0.25, 0.3) is 11.1 Å². The molecule has 0 heterocycles. The molecule has 0 fully saturated rings. The molecule has 1 unspecified atom stereocenters. The molecule has 11 heteroatoms. The first-order chi connectivity index (χ1) is 19.8. The minimum atomic E-state index is -4.95. The van der Waals surface area contributed by atoms with Gasteiger partial charge in [0.15, 0.2) is 6.10 Å². The molecule has 0 saturated carbocycles. The number of aryl methyl sites for hydroxylation is 1. The van der Waals surface area contributed by atoms with E-state index >= 15 is 0 Å². The summed E-state index contributed by atoms with van der Waals surface area (Å²) in [5, 5.41) is 9.96. The van der Waals surface area contributed by atoms with E-state index in [0.29, 0.717) is 22.6 Å². The zero-order valence-corrected chi connectivity index (χ0v) is 22.2. The monoisotopic (exact) mass is 593 g/mol. The Morgan fingerprint density at radius 3 is 2.12 bits per heavy atom. The van der Waals surface area contributed by atoms with Crippen LogP contribution in [0.1, 0.15) is 11.1 Å². The number of hydrogen-bond donors (Lipinski definition) is 1. The van der Waals surface area contributed by atoms with Gasteiger partial charge < -0.3 is 19.5 Å². The van der Waals surface area contributed by atoms with Crippen molar-refractivity contribution in [1.29, 1.82) is 0 Å². The van der Waals surface area contributed by atoms with E-state index in [1.807, 2.05) is 19.1 Å². The Hall–Kier alpha value is -4.25. The van der Waals surface area contributed by atoms with E-state index < -0.39 is 37.1 Å². The summed E-state index contributed by atoms with van der Waals surface area (Å²) in [7, 11) is 0. The van der Waals surface area contributed by atoms with Gasteiger partial charge in [-0.2, -0.15) is 30.7 Å². The topological polar surface area (TPSA) is 41.9 Å². The van der Waals surface area contributed by atoms with Crippen LogP contribution in [0, 0.1) is 6.92 Å². The molecule has 0 amide bonds. The van der Waals surface area contributed by atoms with Crippen LogP contribution in [0.2, 0.25) is 0 Å². The lowest BCUT2D eigenvalue weighted by Crippen LogP contribution is -2.41. The Morgan fingerprint density at radius 2 is 1.43 bits per heavy atom. The first kappa shape index (κ1) is 30.7. The van der Waals surface area contributed by atoms with Crippen molar-refractivity contribution in [2.45, 2.75) is 38.3 Å². The number of hydrogen-bond acceptors (Lipinski definition) is 4. The number of anilines is 1. The van der Waals surface area contributed by atoms with Gasteiger partial charge >= 0.3 is 18.7 Å². The van der Waals surface area contributed by atoms with Gasteiger partial charge in [0, 0.05) is 17.8 Å². The molecule has 0 aromatic heterocycles. The van der Waals surface area contributed by atoms with Gasteiger partial charge in [0.05, 0.1) is 6.54 Å². The third-order valence-corrected chi connectivity index (χ3v) is 6.20. The van der Waals surface area contributed by atoms with Gasteiger partial charge in [0.25, 0.3) is 0 Å². The molecule has 4 aromatic rings. The molecule has 4 nitrogen and oxygen atoms in total. The number of benzene rings is 4. The molecule has 1 N–H and O–H groups in total. The summed E-state index contributed by atoms with van der Waals surface area (Å²) >= 11 is 0. The molecule has 222 valence electrons. The molecule has 4 aromatic carbocycles. The molecule has 0 spiro atoms. The largest absolute Gasteiger partial charge is 0.461 e. The number of halogens is 7. The number of nitrogens with zero attached hydrogens (tertiary/aromatic N) is 1. The van der Waals surface area contributed by atoms with E-state index in [1.165, 1.54) is 17.0 Å². The Bertz CT molecular complexity index is 1480. The molecular formula is C31H26F7NO3. The van der Waals surface area contributed by atoms with Crippen LogP contribution in [-0.2, 0) is 6.54 Å². The lowest BCUT2D eigenvalue weighted by atomic mass is 10.0. The van der Waals surface area contributed by atoms with E-state index in [4.69, 9.17) is 4.74 Å². The number of aliphatic hydroxyl groups excluding tert-OH is 1. The van der Waals surface area contributed by atoms with Crippen molar-refractivity contribution < 1.29 is 45.3 Å². The van der Waals surface area contributed by atoms with Crippen molar-refractivity contribution >= 4 is 5.69 Å². The summed E-state index contributed by atoms with van der Waals surface area (Å²) in [5.74, 6) is 0.460. The van der Waals surface area contributed by atoms with E-state index in [9.17, 15) is 35.8 Å². The Labute approximate surface area is 237 Å². The van der Waals surface area contributed by atoms with Crippen molar-refractivity contribution in [3.8, 4) is 28.4 Å². The molecule has 0 radical (unpaired) electrons. The molecule has 42 heavy (non-hydrogen) atoms. The van der Waals surface area contributed by atoms with Crippen LogP contribution in [0.15, 0.2) is 97.1 Å². The Morgan fingerprint density at radius 1 is 0.762 bits per heavy atom. The van der Waals surface area contributed by atoms with Crippen molar-refractivity contribution in [2.75, 3.05) is 11.4 Å². The average molecular weight is 594 g/mol. The highest BCUT2D eigenvalue weighted by Gasteiger charge is 2.44. The summed E-state index contributed by atoms with van der Waals surface area (Å²) in [5.41, 5.74) is 2.61. The SMILES string of the molecule is Cc1ccc(Oc2cccc(-c3ccccc3N(Cc3cccc(OC(F)(F)C(F)F)c3)CC(O)C(F)(F)F)c2)cc1. The standard InChI is InChI=1S/C31H26F7NO3/c1-20-12-14-23(15-13-20)41-24-8-5-7-22(17-24)26-10-2-3-11-27(26)39(19-28(40)30(34,35)36)18-21-6-4-9-25(16-21)42-31(37,38)29(32)33/h2-17,28-29,40H,18-19H2,1H3. The van der Waals surface area contributed by atoms with Crippen molar-refractivity contribution in [3.63, 3.8) is 0 Å². The van der Waals surface area contributed by atoms with Crippen LogP contribution < -0.4 is 14.4 Å². The van der Waals surface area contributed by atoms with Gasteiger partial charge in [0.1, 0.15) is 17.2 Å². The summed E-state index contributed by atoms with van der Waals surface area (Å²) in [6.07, 6.45) is -16.5.